The Morgan fingerprint density at radius 3 is 2.14 bits per heavy atom. The smallest absolute Gasteiger partial charge is 0.407 e. The Labute approximate surface area is 130 Å². The number of nitrogens with one attached hydrogen (secondary N) is 1. The predicted octanol–water partition coefficient (Wildman–Crippen LogP) is 3.01. The molecule has 0 bridgehead atoms. The number of hydrogen-bond donors (Lipinski definition) is 2. The maximum atomic E-state index is 14.1. The molecular weight excluding hydrogens is 290 g/mol. The highest BCUT2D eigenvalue weighted by Crippen LogP contribution is 2.28. The first-order chi connectivity index (χ1) is 9.98. The second kappa shape index (κ2) is 6.60. The fraction of sp³-hybridized carbons (Fsp3) is 0.562. The third-order valence-corrected chi connectivity index (χ3v) is 3.26. The van der Waals surface area contributed by atoms with E-state index in [1.165, 1.54) is 12.1 Å². The fourth-order valence-corrected chi connectivity index (χ4v) is 2.12. The Hall–Kier alpha value is -1.69. The van der Waals surface area contributed by atoms with E-state index in [4.69, 9.17) is 10.5 Å². The van der Waals surface area contributed by atoms with Crippen molar-refractivity contribution in [3.05, 3.63) is 34.9 Å². The number of halogens is 2. The van der Waals surface area contributed by atoms with Crippen LogP contribution < -0.4 is 11.1 Å². The minimum atomic E-state index is -1.07. The summed E-state index contributed by atoms with van der Waals surface area (Å²) in [5.74, 6) is -1.34. The highest BCUT2D eigenvalue weighted by molar-refractivity contribution is 5.67. The first-order valence-corrected chi connectivity index (χ1v) is 7.11. The molecule has 0 aromatic heterocycles. The number of rotatable bonds is 4. The van der Waals surface area contributed by atoms with E-state index in [1.807, 2.05) is 0 Å². The summed E-state index contributed by atoms with van der Waals surface area (Å²) >= 11 is 0. The van der Waals surface area contributed by atoms with Crippen molar-refractivity contribution in [1.82, 2.24) is 5.32 Å². The van der Waals surface area contributed by atoms with E-state index in [0.29, 0.717) is 5.56 Å². The van der Waals surface area contributed by atoms with Gasteiger partial charge in [0.15, 0.2) is 0 Å². The van der Waals surface area contributed by atoms with Gasteiger partial charge in [-0.25, -0.2) is 13.6 Å². The molecule has 1 atom stereocenters. The van der Waals surface area contributed by atoms with Gasteiger partial charge in [-0.3, -0.25) is 0 Å². The molecule has 0 radical (unpaired) electrons. The molecule has 1 amide bonds. The van der Waals surface area contributed by atoms with E-state index in [2.05, 4.69) is 5.32 Å². The second-order valence-electron chi connectivity index (χ2n) is 6.72. The average molecular weight is 314 g/mol. The first-order valence-electron chi connectivity index (χ1n) is 7.11. The molecule has 1 aromatic carbocycles. The highest BCUT2D eigenvalue weighted by atomic mass is 19.1. The lowest BCUT2D eigenvalue weighted by Gasteiger charge is -2.30. The molecular formula is C16H24F2N2O2. The van der Waals surface area contributed by atoms with Gasteiger partial charge in [0, 0.05) is 24.1 Å². The van der Waals surface area contributed by atoms with Gasteiger partial charge in [0.1, 0.15) is 17.2 Å². The zero-order valence-electron chi connectivity index (χ0n) is 13.7. The number of aryl methyl sites for hydroxylation is 1. The van der Waals surface area contributed by atoms with Crippen LogP contribution in [-0.4, -0.2) is 24.8 Å². The normalized spacial score (nSPS) is 14.4. The molecule has 0 aliphatic carbocycles. The minimum Gasteiger partial charge on any atom is -0.444 e. The van der Waals surface area contributed by atoms with Gasteiger partial charge >= 0.3 is 6.09 Å². The monoisotopic (exact) mass is 314 g/mol. The fourth-order valence-electron chi connectivity index (χ4n) is 2.12. The number of carbonyl (C=O) groups excluding carboxylic acids is 1. The highest BCUT2D eigenvalue weighted by Gasteiger charge is 2.32. The van der Waals surface area contributed by atoms with Crippen molar-refractivity contribution in [3.8, 4) is 0 Å². The molecule has 22 heavy (non-hydrogen) atoms. The molecule has 6 heteroatoms. The molecule has 0 spiro atoms. The van der Waals surface area contributed by atoms with Crippen molar-refractivity contribution < 1.29 is 18.3 Å². The van der Waals surface area contributed by atoms with Gasteiger partial charge in [-0.05, 0) is 45.4 Å². The molecule has 0 saturated heterocycles. The summed E-state index contributed by atoms with van der Waals surface area (Å²) < 4.78 is 33.4. The molecule has 124 valence electrons. The summed E-state index contributed by atoms with van der Waals surface area (Å²) in [5, 5.41) is 2.52. The summed E-state index contributed by atoms with van der Waals surface area (Å²) in [5.41, 5.74) is 4.34. The number of hydrogen-bond acceptors (Lipinski definition) is 3. The molecule has 0 aliphatic heterocycles. The predicted molar refractivity (Wildman–Crippen MR) is 81.7 cm³/mol. The van der Waals surface area contributed by atoms with Crippen LogP contribution >= 0.6 is 0 Å². The average Bonchev–Trinajstić information content (AvgIpc) is 2.33. The SMILES string of the molecule is Cc1cc(F)c(C(C)(CN)CNC(=O)OC(C)(C)C)c(F)c1. The van der Waals surface area contributed by atoms with Crippen molar-refractivity contribution >= 4 is 6.09 Å². The van der Waals surface area contributed by atoms with Crippen LogP contribution in [0.3, 0.4) is 0 Å². The van der Waals surface area contributed by atoms with Crippen LogP contribution in [0.5, 0.6) is 0 Å². The van der Waals surface area contributed by atoms with Crippen molar-refractivity contribution in [1.29, 1.82) is 0 Å². The first kappa shape index (κ1) is 18.4. The van der Waals surface area contributed by atoms with Crippen molar-refractivity contribution in [2.45, 2.75) is 45.6 Å². The summed E-state index contributed by atoms with van der Waals surface area (Å²) in [7, 11) is 0. The largest absolute Gasteiger partial charge is 0.444 e. The molecule has 0 fully saturated rings. The second-order valence-corrected chi connectivity index (χ2v) is 6.72. The van der Waals surface area contributed by atoms with Gasteiger partial charge in [0.05, 0.1) is 0 Å². The van der Waals surface area contributed by atoms with Crippen LogP contribution in [0.15, 0.2) is 12.1 Å². The summed E-state index contributed by atoms with van der Waals surface area (Å²) in [4.78, 5) is 11.7. The van der Waals surface area contributed by atoms with Gasteiger partial charge in [-0.2, -0.15) is 0 Å². The van der Waals surface area contributed by atoms with Gasteiger partial charge in [-0.15, -0.1) is 0 Å². The molecule has 4 nitrogen and oxygen atoms in total. The van der Waals surface area contributed by atoms with E-state index >= 15 is 0 Å². The lowest BCUT2D eigenvalue weighted by atomic mass is 9.81. The topological polar surface area (TPSA) is 64.3 Å². The Morgan fingerprint density at radius 2 is 1.73 bits per heavy atom. The van der Waals surface area contributed by atoms with Crippen LogP contribution in [0, 0.1) is 18.6 Å². The van der Waals surface area contributed by atoms with E-state index in [9.17, 15) is 13.6 Å². The van der Waals surface area contributed by atoms with Crippen LogP contribution in [-0.2, 0) is 10.2 Å². The number of nitrogens with two attached hydrogens (primary N) is 1. The van der Waals surface area contributed by atoms with E-state index in [1.54, 1.807) is 34.6 Å². The third-order valence-electron chi connectivity index (χ3n) is 3.26. The Kier molecular flexibility index (Phi) is 5.51. The molecule has 1 aromatic rings. The standard InChI is InChI=1S/C16H24F2N2O2/c1-10-6-11(17)13(12(18)7-10)16(5,8-19)9-20-14(21)22-15(2,3)4/h6-7H,8-9,19H2,1-5H3,(H,20,21). The summed E-state index contributed by atoms with van der Waals surface area (Å²) in [6, 6.07) is 2.50. The molecule has 1 rings (SSSR count). The zero-order valence-corrected chi connectivity index (χ0v) is 13.7. The van der Waals surface area contributed by atoms with Crippen molar-refractivity contribution in [2.75, 3.05) is 13.1 Å². The summed E-state index contributed by atoms with van der Waals surface area (Å²) in [6.07, 6.45) is -0.653. The number of alkyl carbamates (subject to hydrolysis) is 1. The number of ether oxygens (including phenoxy) is 1. The maximum Gasteiger partial charge on any atom is 0.407 e. The van der Waals surface area contributed by atoms with Crippen LogP contribution in [0.25, 0.3) is 0 Å². The molecule has 0 aliphatic rings. The number of amides is 1. The molecule has 0 saturated carbocycles. The van der Waals surface area contributed by atoms with E-state index < -0.39 is 28.7 Å². The lowest BCUT2D eigenvalue weighted by Crippen LogP contribution is -2.46. The van der Waals surface area contributed by atoms with E-state index in [-0.39, 0.29) is 18.7 Å². The quantitative estimate of drug-likeness (QED) is 0.898. The number of carbonyl (C=O) groups is 1. The Morgan fingerprint density at radius 1 is 1.23 bits per heavy atom. The molecule has 1 unspecified atom stereocenters. The van der Waals surface area contributed by atoms with Gasteiger partial charge in [0.2, 0.25) is 0 Å². The van der Waals surface area contributed by atoms with Gasteiger partial charge < -0.3 is 15.8 Å². The third kappa shape index (κ3) is 4.66. The van der Waals surface area contributed by atoms with Crippen molar-refractivity contribution in [3.63, 3.8) is 0 Å². The van der Waals surface area contributed by atoms with Gasteiger partial charge in [-0.1, -0.05) is 6.92 Å². The molecule has 3 N–H and O–H groups in total. The van der Waals surface area contributed by atoms with Crippen molar-refractivity contribution in [2.24, 2.45) is 5.73 Å². The Bertz CT molecular complexity index is 533. The number of benzene rings is 1. The van der Waals surface area contributed by atoms with Gasteiger partial charge in [0.25, 0.3) is 0 Å². The Balaban J connectivity index is 2.96. The van der Waals surface area contributed by atoms with Crippen LogP contribution in [0.2, 0.25) is 0 Å². The van der Waals surface area contributed by atoms with E-state index in [0.717, 1.165) is 0 Å². The minimum absolute atomic E-state index is 0.0281. The van der Waals surface area contributed by atoms with Crippen LogP contribution in [0.1, 0.15) is 38.8 Å². The lowest BCUT2D eigenvalue weighted by molar-refractivity contribution is 0.0515. The summed E-state index contributed by atoms with van der Waals surface area (Å²) in [6.45, 7) is 8.33. The molecule has 0 heterocycles. The van der Waals surface area contributed by atoms with Crippen LogP contribution in [0.4, 0.5) is 13.6 Å². The maximum absolute atomic E-state index is 14.1. The zero-order chi connectivity index (χ0) is 17.1.